The number of carboxylic acids is 1. The second-order valence-electron chi connectivity index (χ2n) is 11.4. The smallest absolute Gasteiger partial charge is 0.336 e. The molecule has 0 fully saturated rings. The molecule has 1 rings (SSSR count). The molecule has 46 heavy (non-hydrogen) atoms. The van der Waals surface area contributed by atoms with E-state index >= 15 is 0 Å². The number of allylic oxidation sites excluding steroid dienone is 1. The number of aliphatic hydroxyl groups is 2. The maximum Gasteiger partial charge on any atom is 0.336 e. The number of aliphatic carboxylic acids is 1. The van der Waals surface area contributed by atoms with Gasteiger partial charge in [0, 0.05) is 32.3 Å². The average Bonchev–Trinajstić information content (AvgIpc) is 3.04. The molecule has 1 aromatic rings. The van der Waals surface area contributed by atoms with E-state index in [4.69, 9.17) is 9.47 Å². The van der Waals surface area contributed by atoms with Crippen LogP contribution in [0.1, 0.15) is 103 Å². The first-order valence-corrected chi connectivity index (χ1v) is 16.4. The maximum atomic E-state index is 13.4. The Labute approximate surface area is 273 Å². The van der Waals surface area contributed by atoms with E-state index in [2.05, 4.69) is 24.1 Å². The molecule has 256 valence electrons. The molecule has 3 atom stereocenters. The van der Waals surface area contributed by atoms with Crippen LogP contribution in [0.4, 0.5) is 0 Å². The molecule has 4 N–H and O–H groups in total. The number of nitrogens with one attached hydrogen (secondary N) is 1. The molecule has 0 aliphatic rings. The molecule has 1 aromatic carbocycles. The Morgan fingerprint density at radius 1 is 0.978 bits per heavy atom. The predicted molar refractivity (Wildman–Crippen MR) is 176 cm³/mol. The van der Waals surface area contributed by atoms with Gasteiger partial charge in [0.05, 0.1) is 13.0 Å². The Hall–Kier alpha value is -3.68. The van der Waals surface area contributed by atoms with Crippen LogP contribution in [0, 0.1) is 17.8 Å². The summed E-state index contributed by atoms with van der Waals surface area (Å²) in [4.78, 5) is 50.2. The molecule has 10 nitrogen and oxygen atoms in total. The normalized spacial score (nSPS) is 13.6. The van der Waals surface area contributed by atoms with Gasteiger partial charge in [-0.15, -0.1) is 5.92 Å². The van der Waals surface area contributed by atoms with Crippen LogP contribution in [0.5, 0.6) is 5.75 Å². The number of methoxy groups -OCH3 is 1. The van der Waals surface area contributed by atoms with E-state index in [1.54, 1.807) is 37.3 Å². The number of carbonyl (C=O) groups is 4. The zero-order valence-electron chi connectivity index (χ0n) is 27.7. The van der Waals surface area contributed by atoms with Crippen LogP contribution in [-0.2, 0) is 30.3 Å². The number of unbranched alkanes of at least 4 members (excludes halogenated alkanes) is 8. The third-order valence-corrected chi connectivity index (χ3v) is 7.78. The number of esters is 1. The van der Waals surface area contributed by atoms with Gasteiger partial charge in [-0.05, 0) is 50.3 Å². The van der Waals surface area contributed by atoms with Crippen LogP contribution in [-0.4, -0.2) is 70.9 Å². The van der Waals surface area contributed by atoms with Crippen LogP contribution in [0.15, 0.2) is 36.4 Å². The molecule has 1 amide bonds. The maximum absolute atomic E-state index is 13.4. The van der Waals surface area contributed by atoms with Gasteiger partial charge < -0.3 is 30.1 Å². The summed E-state index contributed by atoms with van der Waals surface area (Å²) in [6, 6.07) is 5.67. The van der Waals surface area contributed by atoms with Crippen molar-refractivity contribution in [3.05, 3.63) is 42.0 Å². The summed E-state index contributed by atoms with van der Waals surface area (Å²) in [5.41, 5.74) is -1.93. The highest BCUT2D eigenvalue weighted by atomic mass is 16.5. The minimum Gasteiger partial charge on any atom is -0.481 e. The number of benzene rings is 1. The summed E-state index contributed by atoms with van der Waals surface area (Å²) in [6.45, 7) is 3.43. The number of amides is 1. The zero-order valence-corrected chi connectivity index (χ0v) is 27.7. The van der Waals surface area contributed by atoms with Crippen molar-refractivity contribution < 1.29 is 44.0 Å². The Morgan fingerprint density at radius 2 is 1.61 bits per heavy atom. The summed E-state index contributed by atoms with van der Waals surface area (Å²) >= 11 is 0. The topological polar surface area (TPSA) is 159 Å². The lowest BCUT2D eigenvalue weighted by Crippen LogP contribution is -2.55. The monoisotopic (exact) mass is 643 g/mol. The molecule has 0 aromatic heterocycles. The lowest BCUT2D eigenvalue weighted by molar-refractivity contribution is -0.168. The number of ether oxygens (including phenoxy) is 2. The number of ketones is 1. The summed E-state index contributed by atoms with van der Waals surface area (Å²) < 4.78 is 10.4. The van der Waals surface area contributed by atoms with Gasteiger partial charge in [-0.1, -0.05) is 75.7 Å². The minimum atomic E-state index is -2.60. The minimum absolute atomic E-state index is 0.0384. The fraction of sp³-hybridized carbons (Fsp3) is 0.611. The van der Waals surface area contributed by atoms with Gasteiger partial charge in [-0.25, -0.2) is 9.59 Å². The van der Waals surface area contributed by atoms with Crippen molar-refractivity contribution in [1.82, 2.24) is 5.32 Å². The Kier molecular flexibility index (Phi) is 20.7. The fourth-order valence-electron chi connectivity index (χ4n) is 5.00. The second kappa shape index (κ2) is 23.6. The van der Waals surface area contributed by atoms with Gasteiger partial charge >= 0.3 is 11.9 Å². The Bertz CT molecular complexity index is 1150. The lowest BCUT2D eigenvalue weighted by atomic mass is 9.83. The Morgan fingerprint density at radius 3 is 2.17 bits per heavy atom. The largest absolute Gasteiger partial charge is 0.481 e. The number of hydrogen-bond acceptors (Lipinski definition) is 8. The van der Waals surface area contributed by atoms with Crippen molar-refractivity contribution in [2.24, 2.45) is 5.92 Å². The van der Waals surface area contributed by atoms with E-state index in [9.17, 15) is 34.5 Å². The second-order valence-corrected chi connectivity index (χ2v) is 11.4. The molecule has 0 spiro atoms. The SMILES string of the molecule is CC#CCOc1ccc(C[C@H](NC(=O)[C@@H](/C=C/CCCCCCC(=O)CCCCCCC)[C@@](O)(CCO)C(=O)O)C(=O)OC)cc1. The lowest BCUT2D eigenvalue weighted by Gasteiger charge is -2.30. The third kappa shape index (κ3) is 15.5. The molecule has 0 unspecified atom stereocenters. The van der Waals surface area contributed by atoms with Gasteiger partial charge in [-0.3, -0.25) is 9.59 Å². The van der Waals surface area contributed by atoms with Gasteiger partial charge in [0.2, 0.25) is 5.91 Å². The van der Waals surface area contributed by atoms with Crippen LogP contribution in [0.3, 0.4) is 0 Å². The van der Waals surface area contributed by atoms with Crippen molar-refractivity contribution >= 4 is 23.6 Å². The molecule has 0 saturated carbocycles. The summed E-state index contributed by atoms with van der Waals surface area (Å²) in [5.74, 6) is 1.52. The molecular formula is C36H53NO9. The molecule has 0 aliphatic heterocycles. The average molecular weight is 644 g/mol. The van der Waals surface area contributed by atoms with Gasteiger partial charge in [-0.2, -0.15) is 0 Å². The number of rotatable bonds is 25. The highest BCUT2D eigenvalue weighted by molar-refractivity contribution is 5.92. The predicted octanol–water partition coefficient (Wildman–Crippen LogP) is 4.93. The van der Waals surface area contributed by atoms with Gasteiger partial charge in [0.1, 0.15) is 24.2 Å². The van der Waals surface area contributed by atoms with Gasteiger partial charge in [0.15, 0.2) is 5.60 Å². The van der Waals surface area contributed by atoms with Gasteiger partial charge in [0.25, 0.3) is 0 Å². The fourth-order valence-corrected chi connectivity index (χ4v) is 5.00. The highest BCUT2D eigenvalue weighted by Gasteiger charge is 2.47. The van der Waals surface area contributed by atoms with Crippen LogP contribution in [0.2, 0.25) is 0 Å². The molecule has 0 heterocycles. The third-order valence-electron chi connectivity index (χ3n) is 7.78. The van der Waals surface area contributed by atoms with E-state index in [-0.39, 0.29) is 13.0 Å². The number of carboxylic acid groups (broad SMARTS) is 1. The number of Topliss-reactive ketones (excluding diaryl/α,β-unsaturated/α-hetero) is 1. The summed E-state index contributed by atoms with van der Waals surface area (Å²) in [5, 5.41) is 32.9. The standard InChI is InChI=1S/C36H53NO9/c1-4-6-8-11-14-17-29(39)18-15-12-9-10-13-16-19-31(36(44,24-25-38)35(42)43)33(40)37-32(34(41)45-3)27-28-20-22-30(23-21-28)46-26-7-5-2/h16,19-23,31-32,38,44H,4,6,8-15,17-18,24-27H2,1-3H3,(H,37,40)(H,42,43)/b19-16+/t31-,32+,36+/m1/s1. The zero-order chi connectivity index (χ0) is 34.2. The van der Waals surface area contributed by atoms with E-state index in [0.29, 0.717) is 36.4 Å². The number of hydrogen-bond donors (Lipinski definition) is 4. The first kappa shape index (κ1) is 40.3. The van der Waals surface area contributed by atoms with Crippen molar-refractivity contribution in [1.29, 1.82) is 0 Å². The van der Waals surface area contributed by atoms with E-state index < -0.39 is 48.4 Å². The first-order valence-electron chi connectivity index (χ1n) is 16.4. The van der Waals surface area contributed by atoms with Crippen molar-refractivity contribution in [2.75, 3.05) is 20.3 Å². The molecule has 0 bridgehead atoms. The van der Waals surface area contributed by atoms with E-state index in [1.165, 1.54) is 32.4 Å². The van der Waals surface area contributed by atoms with E-state index in [1.807, 2.05) is 0 Å². The number of aliphatic hydroxyl groups excluding tert-OH is 1. The molecule has 0 aliphatic carbocycles. The highest BCUT2D eigenvalue weighted by Crippen LogP contribution is 2.25. The van der Waals surface area contributed by atoms with Crippen LogP contribution < -0.4 is 10.1 Å². The first-order chi connectivity index (χ1) is 22.1. The quantitative estimate of drug-likeness (QED) is 0.0502. The number of carbonyl (C=O) groups excluding carboxylic acids is 3. The summed E-state index contributed by atoms with van der Waals surface area (Å²) in [6.07, 6.45) is 13.0. The van der Waals surface area contributed by atoms with Crippen molar-refractivity contribution in [3.8, 4) is 17.6 Å². The molecule has 0 saturated heterocycles. The van der Waals surface area contributed by atoms with Crippen LogP contribution in [0.25, 0.3) is 0 Å². The Balaban J connectivity index is 2.82. The van der Waals surface area contributed by atoms with Crippen molar-refractivity contribution in [3.63, 3.8) is 0 Å². The van der Waals surface area contributed by atoms with Crippen LogP contribution >= 0.6 is 0 Å². The molecule has 10 heteroatoms. The molecule has 0 radical (unpaired) electrons. The summed E-state index contributed by atoms with van der Waals surface area (Å²) in [7, 11) is 1.18. The van der Waals surface area contributed by atoms with Crippen molar-refractivity contribution in [2.45, 2.75) is 115 Å². The molecular weight excluding hydrogens is 590 g/mol. The van der Waals surface area contributed by atoms with E-state index in [0.717, 1.165) is 38.5 Å².